The van der Waals surface area contributed by atoms with E-state index in [9.17, 15) is 5.11 Å². The summed E-state index contributed by atoms with van der Waals surface area (Å²) in [5.41, 5.74) is 2.69. The number of hydrogen-bond donors (Lipinski definition) is 1. The minimum absolute atomic E-state index is 0.0839. The van der Waals surface area contributed by atoms with Gasteiger partial charge in [-0.2, -0.15) is 0 Å². The molecule has 1 saturated heterocycles. The zero-order chi connectivity index (χ0) is 15.2. The molecule has 0 amide bonds. The molecule has 0 aromatic carbocycles. The van der Waals surface area contributed by atoms with E-state index in [2.05, 4.69) is 19.9 Å². The highest BCUT2D eigenvalue weighted by atomic mass is 16.6. The van der Waals surface area contributed by atoms with Gasteiger partial charge in [-0.1, -0.05) is 25.5 Å². The summed E-state index contributed by atoms with van der Waals surface area (Å²) in [7, 11) is 0. The Labute approximate surface area is 134 Å². The van der Waals surface area contributed by atoms with E-state index < -0.39 is 0 Å². The highest BCUT2D eigenvalue weighted by molar-refractivity contribution is 5.27. The number of rotatable bonds is 0. The lowest BCUT2D eigenvalue weighted by atomic mass is 9.47. The second kappa shape index (κ2) is 4.19. The van der Waals surface area contributed by atoms with Crippen LogP contribution in [0, 0.1) is 28.6 Å². The van der Waals surface area contributed by atoms with E-state index in [0.29, 0.717) is 10.8 Å². The molecule has 5 rings (SSSR count). The van der Waals surface area contributed by atoms with Crippen molar-refractivity contribution in [2.24, 2.45) is 28.6 Å². The minimum Gasteiger partial charge on any atom is -0.393 e. The summed E-state index contributed by atoms with van der Waals surface area (Å²) in [6.07, 6.45) is 12.3. The molecule has 1 spiro atoms. The summed E-state index contributed by atoms with van der Waals surface area (Å²) in [4.78, 5) is 0. The van der Waals surface area contributed by atoms with Crippen molar-refractivity contribution in [1.82, 2.24) is 0 Å². The first-order valence-corrected chi connectivity index (χ1v) is 9.50. The summed E-state index contributed by atoms with van der Waals surface area (Å²) in [5.74, 6) is 2.59. The molecule has 2 nitrogen and oxygen atoms in total. The van der Waals surface area contributed by atoms with Gasteiger partial charge in [-0.05, 0) is 74.5 Å². The molecule has 22 heavy (non-hydrogen) atoms. The van der Waals surface area contributed by atoms with Gasteiger partial charge in [0.2, 0.25) is 0 Å². The fourth-order valence-corrected chi connectivity index (χ4v) is 7.30. The SMILES string of the molecule is C[C@]12CC[C@@H](O)CC1=CC[C@H]1[C@H]2CC[C@@]2(C)[C@@H]1CC[C@@]21CO1. The Morgan fingerprint density at radius 3 is 2.64 bits per heavy atom. The molecule has 3 saturated carbocycles. The number of fused-ring (bicyclic) bond motifs is 6. The lowest BCUT2D eigenvalue weighted by Crippen LogP contribution is -2.51. The molecule has 4 fully saturated rings. The highest BCUT2D eigenvalue weighted by Crippen LogP contribution is 2.70. The number of allylic oxidation sites excluding steroid dienone is 1. The molecule has 0 unspecified atom stereocenters. The van der Waals surface area contributed by atoms with E-state index in [4.69, 9.17) is 4.74 Å². The summed E-state index contributed by atoms with van der Waals surface area (Å²) >= 11 is 0. The standard InChI is InChI=1S/C20H30O2/c1-18-8-5-14(21)11-13(18)3-4-15-16(18)6-9-19(2)17(15)7-10-20(19)12-22-20/h3,14-17,21H,4-12H2,1-2H3/t14-,15+,16-,17-,18+,19+,20-/m1/s1. The Balaban J connectivity index is 1.51. The van der Waals surface area contributed by atoms with Crippen molar-refractivity contribution in [2.45, 2.75) is 76.9 Å². The Hall–Kier alpha value is -0.340. The van der Waals surface area contributed by atoms with Crippen LogP contribution in [0.2, 0.25) is 0 Å². The molecule has 7 atom stereocenters. The first-order chi connectivity index (χ1) is 10.5. The van der Waals surface area contributed by atoms with Gasteiger partial charge >= 0.3 is 0 Å². The van der Waals surface area contributed by atoms with E-state index in [1.807, 2.05) is 0 Å². The maximum Gasteiger partial charge on any atom is 0.0972 e. The topological polar surface area (TPSA) is 32.8 Å². The molecule has 0 aromatic heterocycles. The van der Waals surface area contributed by atoms with E-state index in [-0.39, 0.29) is 11.7 Å². The predicted molar refractivity (Wildman–Crippen MR) is 86.4 cm³/mol. The van der Waals surface area contributed by atoms with E-state index in [1.54, 1.807) is 5.57 Å². The van der Waals surface area contributed by atoms with Crippen molar-refractivity contribution in [3.63, 3.8) is 0 Å². The summed E-state index contributed by atoms with van der Waals surface area (Å²) in [5, 5.41) is 10.1. The fourth-order valence-electron chi connectivity index (χ4n) is 7.30. The number of aliphatic hydroxyl groups is 1. The van der Waals surface area contributed by atoms with Crippen molar-refractivity contribution < 1.29 is 9.84 Å². The van der Waals surface area contributed by atoms with Crippen LogP contribution in [-0.4, -0.2) is 23.4 Å². The second-order valence-corrected chi connectivity index (χ2v) is 9.43. The fraction of sp³-hybridized carbons (Fsp3) is 0.900. The lowest BCUT2D eigenvalue weighted by Gasteiger charge is -2.57. The summed E-state index contributed by atoms with van der Waals surface area (Å²) in [6, 6.07) is 0. The van der Waals surface area contributed by atoms with E-state index in [1.165, 1.54) is 38.5 Å². The lowest BCUT2D eigenvalue weighted by molar-refractivity contribution is -0.0556. The van der Waals surface area contributed by atoms with Crippen LogP contribution in [0.3, 0.4) is 0 Å². The van der Waals surface area contributed by atoms with Gasteiger partial charge in [0.25, 0.3) is 0 Å². The molecule has 2 heteroatoms. The first-order valence-electron chi connectivity index (χ1n) is 9.50. The van der Waals surface area contributed by atoms with Gasteiger partial charge in [0, 0.05) is 5.41 Å². The van der Waals surface area contributed by atoms with Crippen LogP contribution in [0.5, 0.6) is 0 Å². The van der Waals surface area contributed by atoms with Crippen molar-refractivity contribution >= 4 is 0 Å². The maximum absolute atomic E-state index is 10.1. The third kappa shape index (κ3) is 1.54. The molecule has 0 aromatic rings. The first kappa shape index (κ1) is 14.0. The van der Waals surface area contributed by atoms with Crippen molar-refractivity contribution in [2.75, 3.05) is 6.61 Å². The zero-order valence-electron chi connectivity index (χ0n) is 14.1. The molecule has 1 N–H and O–H groups in total. The van der Waals surface area contributed by atoms with Gasteiger partial charge in [-0.3, -0.25) is 0 Å². The number of ether oxygens (including phenoxy) is 1. The molecule has 0 radical (unpaired) electrons. The van der Waals surface area contributed by atoms with Crippen LogP contribution in [0.25, 0.3) is 0 Å². The van der Waals surface area contributed by atoms with Gasteiger partial charge in [0.15, 0.2) is 0 Å². The van der Waals surface area contributed by atoms with E-state index in [0.717, 1.165) is 37.2 Å². The average molecular weight is 302 g/mol. The van der Waals surface area contributed by atoms with Crippen LogP contribution in [0.15, 0.2) is 11.6 Å². The number of hydrogen-bond acceptors (Lipinski definition) is 2. The van der Waals surface area contributed by atoms with Crippen LogP contribution in [0.4, 0.5) is 0 Å². The van der Waals surface area contributed by atoms with Crippen LogP contribution >= 0.6 is 0 Å². The highest BCUT2D eigenvalue weighted by Gasteiger charge is 2.69. The molecule has 4 aliphatic carbocycles. The summed E-state index contributed by atoms with van der Waals surface area (Å²) < 4.78 is 6.01. The predicted octanol–water partition coefficient (Wildman–Crippen LogP) is 4.08. The molecule has 1 heterocycles. The Morgan fingerprint density at radius 2 is 1.86 bits per heavy atom. The monoisotopic (exact) mass is 302 g/mol. The second-order valence-electron chi connectivity index (χ2n) is 9.43. The van der Waals surface area contributed by atoms with Gasteiger partial charge in [-0.15, -0.1) is 0 Å². The van der Waals surface area contributed by atoms with Crippen molar-refractivity contribution in [1.29, 1.82) is 0 Å². The Bertz CT molecular complexity index is 534. The van der Waals surface area contributed by atoms with Crippen LogP contribution in [-0.2, 0) is 4.74 Å². The molecular weight excluding hydrogens is 272 g/mol. The average Bonchev–Trinajstić information content (AvgIpc) is 3.22. The molecular formula is C20H30O2. The summed E-state index contributed by atoms with van der Waals surface area (Å²) in [6.45, 7) is 6.09. The maximum atomic E-state index is 10.1. The van der Waals surface area contributed by atoms with Gasteiger partial charge < -0.3 is 9.84 Å². The van der Waals surface area contributed by atoms with Gasteiger partial charge in [0.05, 0.1) is 18.3 Å². The third-order valence-electron chi connectivity index (χ3n) is 8.86. The largest absolute Gasteiger partial charge is 0.393 e. The normalized spacial score (nSPS) is 59.5. The number of aliphatic hydroxyl groups excluding tert-OH is 1. The number of epoxide rings is 1. The Kier molecular flexibility index (Phi) is 2.67. The van der Waals surface area contributed by atoms with Crippen LogP contribution in [0.1, 0.15) is 65.2 Å². The molecule has 0 bridgehead atoms. The quantitative estimate of drug-likeness (QED) is 0.540. The van der Waals surface area contributed by atoms with Gasteiger partial charge in [-0.25, -0.2) is 0 Å². The van der Waals surface area contributed by atoms with Crippen molar-refractivity contribution in [3.05, 3.63) is 11.6 Å². The minimum atomic E-state index is -0.0839. The van der Waals surface area contributed by atoms with Crippen LogP contribution < -0.4 is 0 Å². The smallest absolute Gasteiger partial charge is 0.0972 e. The Morgan fingerprint density at radius 1 is 1.09 bits per heavy atom. The third-order valence-corrected chi connectivity index (χ3v) is 8.86. The molecule has 5 aliphatic rings. The molecule has 122 valence electrons. The van der Waals surface area contributed by atoms with E-state index >= 15 is 0 Å². The van der Waals surface area contributed by atoms with Gasteiger partial charge in [0.1, 0.15) is 0 Å². The zero-order valence-corrected chi connectivity index (χ0v) is 14.1. The van der Waals surface area contributed by atoms with Crippen molar-refractivity contribution in [3.8, 4) is 0 Å². The molecule has 1 aliphatic heterocycles.